The van der Waals surface area contributed by atoms with Crippen LogP contribution in [0.1, 0.15) is 21.9 Å². The number of thiazole rings is 1. The topological polar surface area (TPSA) is 70.2 Å². The number of fused-ring (bicyclic) bond motifs is 2. The third-order valence-corrected chi connectivity index (χ3v) is 7.88. The summed E-state index contributed by atoms with van der Waals surface area (Å²) in [6.07, 6.45) is 3.91. The van der Waals surface area contributed by atoms with Crippen LogP contribution >= 0.6 is 23.1 Å². The Bertz CT molecular complexity index is 1210. The lowest BCUT2D eigenvalue weighted by atomic mass is 9.88. The van der Waals surface area contributed by atoms with E-state index in [1.807, 2.05) is 61.5 Å². The van der Waals surface area contributed by atoms with E-state index in [4.69, 9.17) is 0 Å². The third kappa shape index (κ3) is 3.14. The number of aromatic nitrogens is 1. The molecule has 1 N–H and O–H groups in total. The summed E-state index contributed by atoms with van der Waals surface area (Å²) < 4.78 is 0. The summed E-state index contributed by atoms with van der Waals surface area (Å²) in [5.41, 5.74) is 2.66. The third-order valence-electron chi connectivity index (χ3n) is 5.46. The van der Waals surface area contributed by atoms with Crippen LogP contribution in [0.3, 0.4) is 0 Å². The zero-order valence-electron chi connectivity index (χ0n) is 16.1. The van der Waals surface area contributed by atoms with E-state index in [1.165, 1.54) is 16.7 Å². The number of rotatable bonds is 3. The number of allylic oxidation sites excluding steroid dienone is 1. The lowest BCUT2D eigenvalue weighted by Crippen LogP contribution is -2.31. The average Bonchev–Trinajstić information content (AvgIpc) is 3.24. The molecule has 5 rings (SSSR count). The molecule has 2 aliphatic heterocycles. The van der Waals surface area contributed by atoms with Crippen molar-refractivity contribution in [3.8, 4) is 0 Å². The fourth-order valence-corrected chi connectivity index (χ4v) is 6.48. The van der Waals surface area contributed by atoms with Crippen LogP contribution in [-0.2, 0) is 9.59 Å². The van der Waals surface area contributed by atoms with Gasteiger partial charge in [0, 0.05) is 10.8 Å². The number of carbonyl (C=O) groups is 2. The summed E-state index contributed by atoms with van der Waals surface area (Å²) in [6.45, 7) is 1.96. The van der Waals surface area contributed by atoms with Crippen molar-refractivity contribution < 1.29 is 9.59 Å². The van der Waals surface area contributed by atoms with Crippen molar-refractivity contribution in [2.75, 3.05) is 4.90 Å². The van der Waals surface area contributed by atoms with E-state index in [-0.39, 0.29) is 22.6 Å². The van der Waals surface area contributed by atoms with Gasteiger partial charge in [0.05, 0.1) is 16.6 Å². The zero-order chi connectivity index (χ0) is 20.8. The van der Waals surface area contributed by atoms with Crippen molar-refractivity contribution in [2.45, 2.75) is 23.1 Å². The Morgan fingerprint density at radius 2 is 1.70 bits per heavy atom. The molecule has 0 spiro atoms. The van der Waals surface area contributed by atoms with Crippen LogP contribution in [0.4, 0.5) is 5.69 Å². The van der Waals surface area contributed by atoms with Crippen LogP contribution in [0, 0.1) is 12.8 Å². The van der Waals surface area contributed by atoms with Gasteiger partial charge < -0.3 is 4.98 Å². The van der Waals surface area contributed by atoms with Crippen LogP contribution < -0.4 is 9.77 Å². The largest absolute Gasteiger partial charge is 0.307 e. The predicted molar refractivity (Wildman–Crippen MR) is 120 cm³/mol. The highest BCUT2D eigenvalue weighted by Crippen LogP contribution is 2.51. The number of benzene rings is 2. The molecule has 0 unspecified atom stereocenters. The van der Waals surface area contributed by atoms with Gasteiger partial charge in [0.15, 0.2) is 0 Å². The molecule has 150 valence electrons. The summed E-state index contributed by atoms with van der Waals surface area (Å²) in [5.74, 6) is -1.31. The summed E-state index contributed by atoms with van der Waals surface area (Å²) >= 11 is 2.42. The van der Waals surface area contributed by atoms with Gasteiger partial charge in [-0.3, -0.25) is 14.4 Å². The van der Waals surface area contributed by atoms with Crippen molar-refractivity contribution >= 4 is 46.7 Å². The minimum Gasteiger partial charge on any atom is -0.307 e. The zero-order valence-corrected chi connectivity index (χ0v) is 17.7. The Balaban J connectivity index is 1.57. The Labute approximate surface area is 181 Å². The molecule has 1 fully saturated rings. The Kier molecular flexibility index (Phi) is 4.72. The van der Waals surface area contributed by atoms with E-state index in [0.717, 1.165) is 27.3 Å². The van der Waals surface area contributed by atoms with Gasteiger partial charge in [-0.25, -0.2) is 4.90 Å². The molecule has 1 saturated heterocycles. The maximum atomic E-state index is 13.4. The van der Waals surface area contributed by atoms with Gasteiger partial charge in [0.25, 0.3) is 0 Å². The smallest absolute Gasteiger partial charge is 0.305 e. The molecule has 3 aromatic rings. The molecule has 1 aromatic heterocycles. The standard InChI is InChI=1S/C23H18N2O3S2/c1-13-7-10-15(11-8-13)25-21(26)17-16(12-9-14-5-3-2-4-6-14)18-20(24-23(28)30-18)29-19(17)22(25)27/h2-12,16-17,19H,1H3,(H,24,28)/b12-9+/t16-,17-,19+/m0/s1. The van der Waals surface area contributed by atoms with Gasteiger partial charge in [-0.2, -0.15) is 0 Å². The second kappa shape index (κ2) is 7.41. The van der Waals surface area contributed by atoms with E-state index in [1.54, 1.807) is 12.1 Å². The van der Waals surface area contributed by atoms with Gasteiger partial charge in [0.2, 0.25) is 11.8 Å². The first-order chi connectivity index (χ1) is 14.5. The molecule has 3 atom stereocenters. The van der Waals surface area contributed by atoms with E-state index in [9.17, 15) is 14.4 Å². The quantitative estimate of drug-likeness (QED) is 0.627. The van der Waals surface area contributed by atoms with Crippen LogP contribution in [0.15, 0.2) is 70.5 Å². The molecule has 5 nitrogen and oxygen atoms in total. The van der Waals surface area contributed by atoms with Gasteiger partial charge in [-0.05, 0) is 24.6 Å². The predicted octanol–water partition coefficient (Wildman–Crippen LogP) is 4.21. The number of nitrogens with one attached hydrogen (secondary N) is 1. The SMILES string of the molecule is Cc1ccc(N2C(=O)[C@H]3[C@H](/C=C/c4ccccc4)c4sc(=O)[nH]c4S[C@H]3C2=O)cc1. The molecule has 0 radical (unpaired) electrons. The van der Waals surface area contributed by atoms with Gasteiger partial charge in [-0.15, -0.1) is 0 Å². The fraction of sp³-hybridized carbons (Fsp3) is 0.174. The molecule has 2 aliphatic rings. The second-order valence-corrected chi connectivity index (χ2v) is 9.58. The first kappa shape index (κ1) is 19.1. The number of hydrogen-bond acceptors (Lipinski definition) is 5. The summed E-state index contributed by atoms with van der Waals surface area (Å²) in [5, 5.41) is 0.142. The molecule has 30 heavy (non-hydrogen) atoms. The fourth-order valence-electron chi connectivity index (χ4n) is 3.99. The van der Waals surface area contributed by atoms with E-state index >= 15 is 0 Å². The molecular formula is C23H18N2O3S2. The molecule has 0 aliphatic carbocycles. The highest BCUT2D eigenvalue weighted by atomic mass is 32.2. The number of aromatic amines is 1. The highest BCUT2D eigenvalue weighted by molar-refractivity contribution is 8.00. The number of carbonyl (C=O) groups excluding carboxylic acids is 2. The number of anilines is 1. The molecule has 0 saturated carbocycles. The summed E-state index contributed by atoms with van der Waals surface area (Å²) in [4.78, 5) is 43.5. The number of thioether (sulfide) groups is 1. The minimum atomic E-state index is -0.554. The van der Waals surface area contributed by atoms with Crippen molar-refractivity contribution in [2.24, 2.45) is 5.92 Å². The molecule has 3 heterocycles. The second-order valence-electron chi connectivity index (χ2n) is 7.42. The molecule has 7 heteroatoms. The van der Waals surface area contributed by atoms with E-state index in [0.29, 0.717) is 10.7 Å². The maximum absolute atomic E-state index is 13.4. The summed E-state index contributed by atoms with van der Waals surface area (Å²) in [7, 11) is 0. The van der Waals surface area contributed by atoms with E-state index in [2.05, 4.69) is 4.98 Å². The number of amides is 2. The Morgan fingerprint density at radius 3 is 2.43 bits per heavy atom. The van der Waals surface area contributed by atoms with Crippen molar-refractivity contribution in [3.05, 3.63) is 86.3 Å². The molecule has 0 bridgehead atoms. The minimum absolute atomic E-state index is 0.166. The molecule has 2 amide bonds. The summed E-state index contributed by atoms with van der Waals surface area (Å²) in [6, 6.07) is 17.2. The number of imide groups is 1. The maximum Gasteiger partial charge on any atom is 0.305 e. The monoisotopic (exact) mass is 434 g/mol. The molecule has 2 aromatic carbocycles. The van der Waals surface area contributed by atoms with Crippen molar-refractivity contribution in [1.29, 1.82) is 0 Å². The van der Waals surface area contributed by atoms with Gasteiger partial charge >= 0.3 is 4.87 Å². The van der Waals surface area contributed by atoms with Crippen LogP contribution in [0.2, 0.25) is 0 Å². The number of H-pyrrole nitrogens is 1. The van der Waals surface area contributed by atoms with Crippen LogP contribution in [-0.4, -0.2) is 22.0 Å². The van der Waals surface area contributed by atoms with Gasteiger partial charge in [0.1, 0.15) is 5.25 Å². The number of hydrogen-bond donors (Lipinski definition) is 1. The normalized spacial score (nSPS) is 23.1. The van der Waals surface area contributed by atoms with Crippen LogP contribution in [0.5, 0.6) is 0 Å². The Hall–Kier alpha value is -2.90. The lowest BCUT2D eigenvalue weighted by molar-refractivity contribution is -0.122. The van der Waals surface area contributed by atoms with Crippen molar-refractivity contribution in [3.63, 3.8) is 0 Å². The number of aryl methyl sites for hydroxylation is 1. The lowest BCUT2D eigenvalue weighted by Gasteiger charge is -2.27. The first-order valence-electron chi connectivity index (χ1n) is 9.60. The highest BCUT2D eigenvalue weighted by Gasteiger charge is 2.55. The number of nitrogens with zero attached hydrogens (tertiary/aromatic N) is 1. The van der Waals surface area contributed by atoms with Crippen molar-refractivity contribution in [1.82, 2.24) is 4.98 Å². The van der Waals surface area contributed by atoms with E-state index < -0.39 is 11.2 Å². The molecular weight excluding hydrogens is 416 g/mol. The Morgan fingerprint density at radius 1 is 0.967 bits per heavy atom. The van der Waals surface area contributed by atoms with Crippen LogP contribution in [0.25, 0.3) is 6.08 Å². The van der Waals surface area contributed by atoms with Gasteiger partial charge in [-0.1, -0.05) is 83.3 Å². The first-order valence-corrected chi connectivity index (χ1v) is 11.3. The average molecular weight is 435 g/mol.